The summed E-state index contributed by atoms with van der Waals surface area (Å²) in [6, 6.07) is 13.0. The Kier molecular flexibility index (Phi) is 4.53. The molecule has 2 N–H and O–H groups in total. The molecule has 0 saturated heterocycles. The first kappa shape index (κ1) is 13.6. The number of para-hydroxylation sites is 1. The standard InChI is InChI=1S/C15H16ClNO2/c1-2-18-13-7-4-8-14(15(13)17)19-10-11-5-3-6-12(16)9-11/h3-9H,2,10,17H2,1H3. The third-order valence-electron chi connectivity index (χ3n) is 2.61. The van der Waals surface area contributed by atoms with Crippen molar-refractivity contribution in [2.24, 2.45) is 0 Å². The number of anilines is 1. The Morgan fingerprint density at radius 1 is 1.05 bits per heavy atom. The summed E-state index contributed by atoms with van der Waals surface area (Å²) in [5.74, 6) is 1.26. The Labute approximate surface area is 117 Å². The van der Waals surface area contributed by atoms with Crippen LogP contribution in [-0.4, -0.2) is 6.61 Å². The van der Waals surface area contributed by atoms with Crippen molar-refractivity contribution >= 4 is 17.3 Å². The van der Waals surface area contributed by atoms with Gasteiger partial charge in [-0.15, -0.1) is 0 Å². The van der Waals surface area contributed by atoms with Gasteiger partial charge in [0.1, 0.15) is 23.8 Å². The second-order valence-corrected chi connectivity index (χ2v) is 4.46. The van der Waals surface area contributed by atoms with E-state index in [0.29, 0.717) is 35.4 Å². The van der Waals surface area contributed by atoms with Crippen molar-refractivity contribution in [1.29, 1.82) is 0 Å². The summed E-state index contributed by atoms with van der Waals surface area (Å²) in [7, 11) is 0. The number of nitrogen functional groups attached to an aromatic ring is 1. The van der Waals surface area contributed by atoms with Gasteiger partial charge in [0.2, 0.25) is 0 Å². The zero-order valence-electron chi connectivity index (χ0n) is 10.7. The summed E-state index contributed by atoms with van der Waals surface area (Å²) in [5.41, 5.74) is 7.50. The maximum atomic E-state index is 5.99. The van der Waals surface area contributed by atoms with E-state index in [1.807, 2.05) is 49.4 Å². The molecule has 0 aliphatic carbocycles. The molecule has 0 bridgehead atoms. The average molecular weight is 278 g/mol. The third kappa shape index (κ3) is 3.55. The van der Waals surface area contributed by atoms with Crippen molar-refractivity contribution in [3.8, 4) is 11.5 Å². The monoisotopic (exact) mass is 277 g/mol. The predicted molar refractivity (Wildman–Crippen MR) is 77.8 cm³/mol. The molecule has 0 spiro atoms. The number of nitrogens with two attached hydrogens (primary N) is 1. The van der Waals surface area contributed by atoms with Crippen LogP contribution >= 0.6 is 11.6 Å². The topological polar surface area (TPSA) is 44.5 Å². The molecule has 3 nitrogen and oxygen atoms in total. The van der Waals surface area contributed by atoms with Crippen LogP contribution in [0.15, 0.2) is 42.5 Å². The average Bonchev–Trinajstić information content (AvgIpc) is 2.40. The molecule has 4 heteroatoms. The minimum Gasteiger partial charge on any atom is -0.492 e. The van der Waals surface area contributed by atoms with Crippen molar-refractivity contribution in [1.82, 2.24) is 0 Å². The maximum absolute atomic E-state index is 5.99. The van der Waals surface area contributed by atoms with Gasteiger partial charge in [0.15, 0.2) is 0 Å². The van der Waals surface area contributed by atoms with Gasteiger partial charge in [-0.05, 0) is 36.8 Å². The Hall–Kier alpha value is -1.87. The normalized spacial score (nSPS) is 10.2. The summed E-state index contributed by atoms with van der Waals surface area (Å²) < 4.78 is 11.1. The molecule has 2 aromatic carbocycles. The van der Waals surface area contributed by atoms with E-state index in [2.05, 4.69) is 0 Å². The summed E-state index contributed by atoms with van der Waals surface area (Å²) in [4.78, 5) is 0. The van der Waals surface area contributed by atoms with Gasteiger partial charge in [0, 0.05) is 5.02 Å². The van der Waals surface area contributed by atoms with Crippen molar-refractivity contribution < 1.29 is 9.47 Å². The molecule has 0 aliphatic rings. The first-order valence-corrected chi connectivity index (χ1v) is 6.47. The Morgan fingerprint density at radius 2 is 1.74 bits per heavy atom. The molecule has 0 aliphatic heterocycles. The molecule has 0 radical (unpaired) electrons. The van der Waals surface area contributed by atoms with Crippen molar-refractivity contribution in [3.05, 3.63) is 53.1 Å². The maximum Gasteiger partial charge on any atom is 0.146 e. The fourth-order valence-corrected chi connectivity index (χ4v) is 1.93. The first-order valence-electron chi connectivity index (χ1n) is 6.09. The van der Waals surface area contributed by atoms with Crippen LogP contribution in [-0.2, 0) is 6.61 Å². The van der Waals surface area contributed by atoms with Gasteiger partial charge in [-0.25, -0.2) is 0 Å². The van der Waals surface area contributed by atoms with Crippen LogP contribution in [0.2, 0.25) is 5.02 Å². The van der Waals surface area contributed by atoms with E-state index in [-0.39, 0.29) is 0 Å². The SMILES string of the molecule is CCOc1cccc(OCc2cccc(Cl)c2)c1N. The molecule has 19 heavy (non-hydrogen) atoms. The van der Waals surface area contributed by atoms with Gasteiger partial charge < -0.3 is 15.2 Å². The first-order chi connectivity index (χ1) is 9.20. The van der Waals surface area contributed by atoms with E-state index in [0.717, 1.165) is 5.56 Å². The summed E-state index contributed by atoms with van der Waals surface area (Å²) in [6.07, 6.45) is 0. The van der Waals surface area contributed by atoms with E-state index in [9.17, 15) is 0 Å². The lowest BCUT2D eigenvalue weighted by Gasteiger charge is -2.12. The Morgan fingerprint density at radius 3 is 2.42 bits per heavy atom. The summed E-state index contributed by atoms with van der Waals surface area (Å²) in [6.45, 7) is 2.90. The van der Waals surface area contributed by atoms with Crippen LogP contribution in [0.25, 0.3) is 0 Å². The minimum absolute atomic E-state index is 0.417. The second kappa shape index (κ2) is 6.34. The van der Waals surface area contributed by atoms with E-state index in [4.69, 9.17) is 26.8 Å². The van der Waals surface area contributed by atoms with Crippen LogP contribution in [0.3, 0.4) is 0 Å². The van der Waals surface area contributed by atoms with E-state index >= 15 is 0 Å². The van der Waals surface area contributed by atoms with Gasteiger partial charge in [-0.3, -0.25) is 0 Å². The molecule has 2 aromatic rings. The highest BCUT2D eigenvalue weighted by atomic mass is 35.5. The summed E-state index contributed by atoms with van der Waals surface area (Å²) in [5, 5.41) is 0.692. The van der Waals surface area contributed by atoms with Gasteiger partial charge in [-0.1, -0.05) is 29.8 Å². The highest BCUT2D eigenvalue weighted by Crippen LogP contribution is 2.31. The van der Waals surface area contributed by atoms with Crippen LogP contribution in [0.4, 0.5) is 5.69 Å². The fraction of sp³-hybridized carbons (Fsp3) is 0.200. The van der Waals surface area contributed by atoms with Gasteiger partial charge in [-0.2, -0.15) is 0 Å². The Bertz CT molecular complexity index is 558. The minimum atomic E-state index is 0.417. The highest BCUT2D eigenvalue weighted by Gasteiger charge is 2.07. The van der Waals surface area contributed by atoms with E-state index in [1.165, 1.54) is 0 Å². The van der Waals surface area contributed by atoms with Gasteiger partial charge in [0.05, 0.1) is 6.61 Å². The number of benzene rings is 2. The predicted octanol–water partition coefficient (Wildman–Crippen LogP) is 3.90. The zero-order chi connectivity index (χ0) is 13.7. The number of rotatable bonds is 5. The number of halogens is 1. The number of ether oxygens (including phenoxy) is 2. The van der Waals surface area contributed by atoms with Crippen LogP contribution in [0.1, 0.15) is 12.5 Å². The molecule has 0 unspecified atom stereocenters. The van der Waals surface area contributed by atoms with Gasteiger partial charge in [0.25, 0.3) is 0 Å². The highest BCUT2D eigenvalue weighted by molar-refractivity contribution is 6.30. The molecule has 0 heterocycles. The van der Waals surface area contributed by atoms with Gasteiger partial charge >= 0.3 is 0 Å². The molecule has 0 amide bonds. The second-order valence-electron chi connectivity index (χ2n) is 4.02. The lowest BCUT2D eigenvalue weighted by Crippen LogP contribution is -2.01. The molecule has 2 rings (SSSR count). The molecular formula is C15H16ClNO2. The molecule has 0 atom stereocenters. The number of hydrogen-bond donors (Lipinski definition) is 1. The lowest BCUT2D eigenvalue weighted by molar-refractivity contribution is 0.302. The smallest absolute Gasteiger partial charge is 0.146 e. The summed E-state index contributed by atoms with van der Waals surface area (Å²) >= 11 is 5.92. The van der Waals surface area contributed by atoms with Crippen LogP contribution in [0, 0.1) is 0 Å². The third-order valence-corrected chi connectivity index (χ3v) is 2.84. The fourth-order valence-electron chi connectivity index (χ4n) is 1.72. The van der Waals surface area contributed by atoms with Crippen molar-refractivity contribution in [3.63, 3.8) is 0 Å². The molecular weight excluding hydrogens is 262 g/mol. The van der Waals surface area contributed by atoms with E-state index < -0.39 is 0 Å². The molecule has 0 aromatic heterocycles. The van der Waals surface area contributed by atoms with Crippen molar-refractivity contribution in [2.75, 3.05) is 12.3 Å². The van der Waals surface area contributed by atoms with Crippen molar-refractivity contribution in [2.45, 2.75) is 13.5 Å². The molecule has 0 saturated carbocycles. The van der Waals surface area contributed by atoms with Crippen LogP contribution in [0.5, 0.6) is 11.5 Å². The molecule has 0 fully saturated rings. The van der Waals surface area contributed by atoms with E-state index in [1.54, 1.807) is 0 Å². The zero-order valence-corrected chi connectivity index (χ0v) is 11.5. The Balaban J connectivity index is 2.09. The lowest BCUT2D eigenvalue weighted by atomic mass is 10.2. The number of hydrogen-bond acceptors (Lipinski definition) is 3. The molecule has 100 valence electrons. The quantitative estimate of drug-likeness (QED) is 0.843. The largest absolute Gasteiger partial charge is 0.492 e. The van der Waals surface area contributed by atoms with Crippen LogP contribution < -0.4 is 15.2 Å².